The van der Waals surface area contributed by atoms with Crippen LogP contribution in [-0.4, -0.2) is 54.9 Å². The van der Waals surface area contributed by atoms with E-state index < -0.39 is 5.97 Å². The standard InChI is InChI=1S/C14H17Cl2NO4/c15-10-1-2-13(12(16)7-10)21-6-4-17-3-5-20-9-11(17)8-14(18)19/h1-2,7,11H,3-6,8-9H2,(H,18,19). The molecular formula is C14H17Cl2NO4. The van der Waals surface area contributed by atoms with Gasteiger partial charge in [0.05, 0.1) is 24.7 Å². The van der Waals surface area contributed by atoms with Crippen molar-refractivity contribution in [1.29, 1.82) is 0 Å². The smallest absolute Gasteiger partial charge is 0.305 e. The van der Waals surface area contributed by atoms with E-state index in [0.717, 1.165) is 0 Å². The van der Waals surface area contributed by atoms with Gasteiger partial charge in [0.2, 0.25) is 0 Å². The van der Waals surface area contributed by atoms with Gasteiger partial charge in [-0.3, -0.25) is 9.69 Å². The summed E-state index contributed by atoms with van der Waals surface area (Å²) in [6.45, 7) is 2.80. The minimum absolute atomic E-state index is 0.0711. The Morgan fingerprint density at radius 3 is 3.00 bits per heavy atom. The fourth-order valence-electron chi connectivity index (χ4n) is 2.24. The van der Waals surface area contributed by atoms with E-state index in [-0.39, 0.29) is 12.5 Å². The maximum Gasteiger partial charge on any atom is 0.305 e. The van der Waals surface area contributed by atoms with Crippen molar-refractivity contribution >= 4 is 29.2 Å². The first-order valence-corrected chi connectivity index (χ1v) is 7.43. The van der Waals surface area contributed by atoms with Gasteiger partial charge in [-0.25, -0.2) is 0 Å². The van der Waals surface area contributed by atoms with Gasteiger partial charge in [-0.2, -0.15) is 0 Å². The molecule has 1 aromatic carbocycles. The molecule has 5 nitrogen and oxygen atoms in total. The second kappa shape index (κ2) is 7.84. The zero-order chi connectivity index (χ0) is 15.2. The number of carbonyl (C=O) groups is 1. The van der Waals surface area contributed by atoms with Gasteiger partial charge >= 0.3 is 5.97 Å². The molecule has 0 aromatic heterocycles. The van der Waals surface area contributed by atoms with Crippen molar-refractivity contribution in [2.24, 2.45) is 0 Å². The van der Waals surface area contributed by atoms with E-state index in [0.29, 0.717) is 48.7 Å². The number of aliphatic carboxylic acids is 1. The third-order valence-corrected chi connectivity index (χ3v) is 3.82. The van der Waals surface area contributed by atoms with Crippen LogP contribution in [-0.2, 0) is 9.53 Å². The molecule has 1 saturated heterocycles. The molecule has 0 radical (unpaired) electrons. The first-order valence-electron chi connectivity index (χ1n) is 6.67. The van der Waals surface area contributed by atoms with E-state index in [1.807, 2.05) is 0 Å². The predicted molar refractivity (Wildman–Crippen MR) is 80.4 cm³/mol. The van der Waals surface area contributed by atoms with E-state index in [4.69, 9.17) is 37.8 Å². The van der Waals surface area contributed by atoms with Gasteiger partial charge in [0.15, 0.2) is 0 Å². The largest absolute Gasteiger partial charge is 0.491 e. The molecule has 1 N–H and O–H groups in total. The maximum atomic E-state index is 10.8. The van der Waals surface area contributed by atoms with Crippen LogP contribution >= 0.6 is 23.2 Å². The Morgan fingerprint density at radius 1 is 1.48 bits per heavy atom. The van der Waals surface area contributed by atoms with Gasteiger partial charge in [-0.1, -0.05) is 23.2 Å². The third kappa shape index (κ3) is 5.04. The second-order valence-corrected chi connectivity index (χ2v) is 5.63. The molecule has 7 heteroatoms. The van der Waals surface area contributed by atoms with E-state index in [9.17, 15) is 4.79 Å². The first kappa shape index (κ1) is 16.4. The minimum atomic E-state index is -0.822. The number of ether oxygens (including phenoxy) is 2. The summed E-state index contributed by atoms with van der Waals surface area (Å²) in [4.78, 5) is 12.9. The van der Waals surface area contributed by atoms with Crippen molar-refractivity contribution in [3.8, 4) is 5.75 Å². The van der Waals surface area contributed by atoms with Crippen molar-refractivity contribution in [2.75, 3.05) is 32.9 Å². The lowest BCUT2D eigenvalue weighted by Crippen LogP contribution is -2.47. The van der Waals surface area contributed by atoms with Gasteiger partial charge in [-0.05, 0) is 18.2 Å². The summed E-state index contributed by atoms with van der Waals surface area (Å²) in [6, 6.07) is 4.95. The molecule has 1 atom stereocenters. The topological polar surface area (TPSA) is 59.0 Å². The highest BCUT2D eigenvalue weighted by Crippen LogP contribution is 2.27. The summed E-state index contributed by atoms with van der Waals surface area (Å²) < 4.78 is 11.0. The fraction of sp³-hybridized carbons (Fsp3) is 0.500. The number of morpholine rings is 1. The summed E-state index contributed by atoms with van der Waals surface area (Å²) in [6.07, 6.45) is 0.0711. The van der Waals surface area contributed by atoms with Gasteiger partial charge in [-0.15, -0.1) is 0 Å². The lowest BCUT2D eigenvalue weighted by molar-refractivity contribution is -0.140. The number of nitrogens with zero attached hydrogens (tertiary/aromatic N) is 1. The van der Waals surface area contributed by atoms with Crippen molar-refractivity contribution in [2.45, 2.75) is 12.5 Å². The molecule has 1 aliphatic rings. The normalized spacial score (nSPS) is 19.4. The number of carboxylic acid groups (broad SMARTS) is 1. The minimum Gasteiger partial charge on any atom is -0.491 e. The van der Waals surface area contributed by atoms with Crippen LogP contribution in [0, 0.1) is 0 Å². The quantitative estimate of drug-likeness (QED) is 0.866. The molecular weight excluding hydrogens is 317 g/mol. The van der Waals surface area contributed by atoms with Crippen molar-refractivity contribution in [1.82, 2.24) is 4.90 Å². The number of hydrogen-bond acceptors (Lipinski definition) is 4. The fourth-order valence-corrected chi connectivity index (χ4v) is 2.70. The van der Waals surface area contributed by atoms with Crippen LogP contribution in [0.1, 0.15) is 6.42 Å². The molecule has 1 aliphatic heterocycles. The molecule has 0 aliphatic carbocycles. The molecule has 2 rings (SSSR count). The molecule has 1 unspecified atom stereocenters. The van der Waals surface area contributed by atoms with Crippen molar-refractivity contribution in [3.05, 3.63) is 28.2 Å². The molecule has 0 saturated carbocycles. The van der Waals surface area contributed by atoms with Crippen LogP contribution in [0.3, 0.4) is 0 Å². The molecule has 0 amide bonds. The number of hydrogen-bond donors (Lipinski definition) is 1. The summed E-state index contributed by atoms with van der Waals surface area (Å²) in [5.74, 6) is -0.249. The first-order chi connectivity index (χ1) is 10.1. The van der Waals surface area contributed by atoms with Gasteiger partial charge in [0.25, 0.3) is 0 Å². The van der Waals surface area contributed by atoms with E-state index in [1.165, 1.54) is 0 Å². The Balaban J connectivity index is 1.84. The molecule has 116 valence electrons. The van der Waals surface area contributed by atoms with Crippen LogP contribution in [0.5, 0.6) is 5.75 Å². The molecule has 1 heterocycles. The van der Waals surface area contributed by atoms with Crippen molar-refractivity contribution < 1.29 is 19.4 Å². The number of halogens is 2. The Labute approximate surface area is 133 Å². The molecule has 1 aromatic rings. The van der Waals surface area contributed by atoms with Crippen LogP contribution in [0.25, 0.3) is 0 Å². The average molecular weight is 334 g/mol. The Kier molecular flexibility index (Phi) is 6.11. The highest BCUT2D eigenvalue weighted by atomic mass is 35.5. The lowest BCUT2D eigenvalue weighted by atomic mass is 10.1. The van der Waals surface area contributed by atoms with E-state index >= 15 is 0 Å². The van der Waals surface area contributed by atoms with Crippen LogP contribution < -0.4 is 4.74 Å². The molecule has 1 fully saturated rings. The summed E-state index contributed by atoms with van der Waals surface area (Å²) in [7, 11) is 0. The van der Waals surface area contributed by atoms with E-state index in [2.05, 4.69) is 4.90 Å². The summed E-state index contributed by atoms with van der Waals surface area (Å²) in [5.41, 5.74) is 0. The Morgan fingerprint density at radius 2 is 2.29 bits per heavy atom. The lowest BCUT2D eigenvalue weighted by Gasteiger charge is -2.34. The molecule has 0 spiro atoms. The second-order valence-electron chi connectivity index (χ2n) is 4.79. The zero-order valence-corrected chi connectivity index (χ0v) is 12.9. The summed E-state index contributed by atoms with van der Waals surface area (Å²) in [5, 5.41) is 9.93. The SMILES string of the molecule is O=C(O)CC1COCCN1CCOc1ccc(Cl)cc1Cl. The highest BCUT2D eigenvalue weighted by molar-refractivity contribution is 6.35. The van der Waals surface area contributed by atoms with Crippen molar-refractivity contribution in [3.63, 3.8) is 0 Å². The van der Waals surface area contributed by atoms with Gasteiger partial charge in [0, 0.05) is 24.2 Å². The monoisotopic (exact) mass is 333 g/mol. The summed E-state index contributed by atoms with van der Waals surface area (Å²) >= 11 is 11.9. The van der Waals surface area contributed by atoms with Gasteiger partial charge < -0.3 is 14.6 Å². The maximum absolute atomic E-state index is 10.8. The Hall–Kier alpha value is -1.01. The highest BCUT2D eigenvalue weighted by Gasteiger charge is 2.25. The van der Waals surface area contributed by atoms with Crippen LogP contribution in [0.4, 0.5) is 0 Å². The zero-order valence-electron chi connectivity index (χ0n) is 11.4. The number of benzene rings is 1. The predicted octanol–water partition coefficient (Wildman–Crippen LogP) is 2.55. The van der Waals surface area contributed by atoms with Crippen LogP contribution in [0.2, 0.25) is 10.0 Å². The van der Waals surface area contributed by atoms with E-state index in [1.54, 1.807) is 18.2 Å². The Bertz CT molecular complexity index is 498. The number of rotatable bonds is 6. The van der Waals surface area contributed by atoms with Gasteiger partial charge in [0.1, 0.15) is 12.4 Å². The van der Waals surface area contributed by atoms with Crippen LogP contribution in [0.15, 0.2) is 18.2 Å². The molecule has 0 bridgehead atoms. The third-order valence-electron chi connectivity index (χ3n) is 3.29. The molecule has 21 heavy (non-hydrogen) atoms. The number of carboxylic acids is 1. The average Bonchev–Trinajstić information content (AvgIpc) is 2.42.